The van der Waals surface area contributed by atoms with E-state index in [0.29, 0.717) is 24.1 Å². The van der Waals surface area contributed by atoms with Crippen LogP contribution in [-0.2, 0) is 11.3 Å². The van der Waals surface area contributed by atoms with E-state index in [4.69, 9.17) is 4.74 Å². The van der Waals surface area contributed by atoms with Gasteiger partial charge in [0.2, 0.25) is 0 Å². The van der Waals surface area contributed by atoms with Crippen LogP contribution in [0.4, 0.5) is 11.6 Å². The number of nitrogens with zero attached hydrogens (tertiary/aromatic N) is 5. The Morgan fingerprint density at radius 3 is 2.63 bits per heavy atom. The molecule has 7 nitrogen and oxygen atoms in total. The highest BCUT2D eigenvalue weighted by Gasteiger charge is 2.10. The zero-order chi connectivity index (χ0) is 20.8. The number of pyridine rings is 3. The number of aryl methyl sites for hydroxylation is 1. The molecule has 7 heteroatoms. The molecule has 0 aromatic carbocycles. The fourth-order valence-corrected chi connectivity index (χ4v) is 2.96. The quantitative estimate of drug-likeness (QED) is 0.484. The monoisotopic (exact) mass is 398 g/mol. The summed E-state index contributed by atoms with van der Waals surface area (Å²) in [5, 5.41) is 3.22. The van der Waals surface area contributed by atoms with E-state index >= 15 is 0 Å². The summed E-state index contributed by atoms with van der Waals surface area (Å²) in [5.74, 6) is 2.11. The minimum atomic E-state index is -0.108. The van der Waals surface area contributed by atoms with Gasteiger partial charge in [-0.2, -0.15) is 0 Å². The summed E-state index contributed by atoms with van der Waals surface area (Å²) in [6.07, 6.45) is 8.80. The van der Waals surface area contributed by atoms with Crippen molar-refractivity contribution in [3.05, 3.63) is 90.5 Å². The van der Waals surface area contributed by atoms with Gasteiger partial charge in [-0.15, -0.1) is 0 Å². The summed E-state index contributed by atoms with van der Waals surface area (Å²) < 4.78 is 5.98. The summed E-state index contributed by atoms with van der Waals surface area (Å²) in [4.78, 5) is 21.6. The molecule has 0 spiro atoms. The number of rotatable bonds is 7. The predicted octanol–water partition coefficient (Wildman–Crippen LogP) is 4.66. The van der Waals surface area contributed by atoms with Gasteiger partial charge in [-0.25, -0.2) is 15.0 Å². The van der Waals surface area contributed by atoms with E-state index in [1.807, 2.05) is 62.6 Å². The van der Waals surface area contributed by atoms with E-state index in [1.54, 1.807) is 18.6 Å². The van der Waals surface area contributed by atoms with Crippen molar-refractivity contribution in [3.8, 4) is 11.1 Å². The van der Waals surface area contributed by atoms with E-state index < -0.39 is 0 Å². The first kappa shape index (κ1) is 19.6. The van der Waals surface area contributed by atoms with Crippen molar-refractivity contribution in [2.75, 3.05) is 5.32 Å². The second-order valence-electron chi connectivity index (χ2n) is 6.83. The van der Waals surface area contributed by atoms with Gasteiger partial charge in [0.05, 0.1) is 18.4 Å². The van der Waals surface area contributed by atoms with Gasteiger partial charge in [-0.3, -0.25) is 9.97 Å². The van der Waals surface area contributed by atoms with Gasteiger partial charge in [0, 0.05) is 36.5 Å². The number of hydrogen-bond acceptors (Lipinski definition) is 7. The van der Waals surface area contributed by atoms with Gasteiger partial charge >= 0.3 is 0 Å². The number of ether oxygens (including phenoxy) is 1. The Morgan fingerprint density at radius 1 is 0.900 bits per heavy atom. The van der Waals surface area contributed by atoms with Crippen molar-refractivity contribution in [1.29, 1.82) is 0 Å². The number of hydrogen-bond donors (Lipinski definition) is 1. The maximum Gasteiger partial charge on any atom is 0.135 e. The Hall–Kier alpha value is -3.71. The number of nitrogens with one attached hydrogen (secondary N) is 1. The fraction of sp³-hybridized carbons (Fsp3) is 0.174. The Kier molecular flexibility index (Phi) is 6.01. The molecule has 4 aromatic heterocycles. The molecular formula is C23H22N6O. The molecule has 0 bridgehead atoms. The van der Waals surface area contributed by atoms with E-state index in [9.17, 15) is 0 Å². The van der Waals surface area contributed by atoms with Gasteiger partial charge in [0.15, 0.2) is 0 Å². The molecule has 0 saturated heterocycles. The predicted molar refractivity (Wildman–Crippen MR) is 115 cm³/mol. The minimum absolute atomic E-state index is 0.108. The average molecular weight is 398 g/mol. The van der Waals surface area contributed by atoms with E-state index in [2.05, 4.69) is 36.3 Å². The molecule has 150 valence electrons. The van der Waals surface area contributed by atoms with Gasteiger partial charge in [0.1, 0.15) is 17.5 Å². The molecular weight excluding hydrogens is 376 g/mol. The third-order valence-electron chi connectivity index (χ3n) is 4.56. The van der Waals surface area contributed by atoms with Crippen LogP contribution in [0.5, 0.6) is 0 Å². The van der Waals surface area contributed by atoms with Crippen molar-refractivity contribution in [3.63, 3.8) is 0 Å². The molecule has 0 fully saturated rings. The smallest absolute Gasteiger partial charge is 0.135 e. The SMILES string of the molecule is Cc1nccc(Nc2cc(-c3cncc(C(C)OCc4ccccn4)c3)ccn2)n1. The van der Waals surface area contributed by atoms with Crippen LogP contribution in [0, 0.1) is 6.92 Å². The largest absolute Gasteiger partial charge is 0.367 e. The highest BCUT2D eigenvalue weighted by molar-refractivity contribution is 5.67. The standard InChI is InChI=1S/C23H22N6O/c1-16(30-15-21-5-3-4-8-26-21)19-11-20(14-24-13-19)18-6-9-27-23(12-18)29-22-7-10-25-17(2)28-22/h3-14,16H,15H2,1-2H3,(H,25,27,28,29). The van der Waals surface area contributed by atoms with Crippen LogP contribution in [0.1, 0.15) is 30.1 Å². The zero-order valence-corrected chi connectivity index (χ0v) is 16.9. The molecule has 0 aliphatic carbocycles. The van der Waals surface area contributed by atoms with Crippen molar-refractivity contribution >= 4 is 11.6 Å². The first-order chi connectivity index (χ1) is 14.7. The van der Waals surface area contributed by atoms with E-state index in [0.717, 1.165) is 22.4 Å². The lowest BCUT2D eigenvalue weighted by molar-refractivity contribution is 0.0503. The molecule has 4 aromatic rings. The first-order valence-corrected chi connectivity index (χ1v) is 9.67. The van der Waals surface area contributed by atoms with Crippen LogP contribution in [0.2, 0.25) is 0 Å². The molecule has 1 N–H and O–H groups in total. The molecule has 0 amide bonds. The van der Waals surface area contributed by atoms with Gasteiger partial charge < -0.3 is 10.1 Å². The highest BCUT2D eigenvalue weighted by atomic mass is 16.5. The molecule has 0 aliphatic heterocycles. The Morgan fingerprint density at radius 2 is 1.80 bits per heavy atom. The molecule has 0 aliphatic rings. The van der Waals surface area contributed by atoms with Crippen LogP contribution in [0.15, 0.2) is 73.4 Å². The molecule has 1 unspecified atom stereocenters. The first-order valence-electron chi connectivity index (χ1n) is 9.67. The Bertz CT molecular complexity index is 1120. The summed E-state index contributed by atoms with van der Waals surface area (Å²) in [7, 11) is 0. The molecule has 30 heavy (non-hydrogen) atoms. The van der Waals surface area contributed by atoms with E-state index in [-0.39, 0.29) is 6.10 Å². The summed E-state index contributed by atoms with van der Waals surface area (Å²) in [6.45, 7) is 4.32. The van der Waals surface area contributed by atoms with Crippen LogP contribution in [0.25, 0.3) is 11.1 Å². The van der Waals surface area contributed by atoms with Crippen LogP contribution >= 0.6 is 0 Å². The second kappa shape index (κ2) is 9.19. The lowest BCUT2D eigenvalue weighted by Crippen LogP contribution is -2.02. The molecule has 4 heterocycles. The molecule has 0 radical (unpaired) electrons. The summed E-state index contributed by atoms with van der Waals surface area (Å²) in [6, 6.07) is 13.6. The van der Waals surface area contributed by atoms with Crippen molar-refractivity contribution in [2.24, 2.45) is 0 Å². The van der Waals surface area contributed by atoms with Crippen LogP contribution in [-0.4, -0.2) is 24.9 Å². The maximum atomic E-state index is 5.98. The van der Waals surface area contributed by atoms with Gasteiger partial charge in [0.25, 0.3) is 0 Å². The fourth-order valence-electron chi connectivity index (χ4n) is 2.96. The van der Waals surface area contributed by atoms with Gasteiger partial charge in [-0.05, 0) is 61.4 Å². The van der Waals surface area contributed by atoms with Crippen molar-refractivity contribution in [1.82, 2.24) is 24.9 Å². The molecule has 1 atom stereocenters. The van der Waals surface area contributed by atoms with Crippen LogP contribution in [0.3, 0.4) is 0 Å². The Balaban J connectivity index is 1.49. The van der Waals surface area contributed by atoms with Crippen molar-refractivity contribution in [2.45, 2.75) is 26.6 Å². The normalized spacial score (nSPS) is 11.8. The molecule has 0 saturated carbocycles. The summed E-state index contributed by atoms with van der Waals surface area (Å²) >= 11 is 0. The van der Waals surface area contributed by atoms with E-state index in [1.165, 1.54) is 0 Å². The topological polar surface area (TPSA) is 85.7 Å². The second-order valence-corrected chi connectivity index (χ2v) is 6.83. The van der Waals surface area contributed by atoms with Gasteiger partial charge in [-0.1, -0.05) is 6.07 Å². The lowest BCUT2D eigenvalue weighted by Gasteiger charge is -2.14. The minimum Gasteiger partial charge on any atom is -0.367 e. The number of aromatic nitrogens is 5. The highest BCUT2D eigenvalue weighted by Crippen LogP contribution is 2.26. The molecule has 4 rings (SSSR count). The number of anilines is 2. The third kappa shape index (κ3) is 5.01. The van der Waals surface area contributed by atoms with Crippen molar-refractivity contribution < 1.29 is 4.74 Å². The third-order valence-corrected chi connectivity index (χ3v) is 4.56. The summed E-state index contributed by atoms with van der Waals surface area (Å²) in [5.41, 5.74) is 3.90. The van der Waals surface area contributed by atoms with Crippen LogP contribution < -0.4 is 5.32 Å². The lowest BCUT2D eigenvalue weighted by atomic mass is 10.1. The maximum absolute atomic E-state index is 5.98. The Labute approximate surface area is 175 Å². The zero-order valence-electron chi connectivity index (χ0n) is 16.9. The average Bonchev–Trinajstić information content (AvgIpc) is 2.78.